The van der Waals surface area contributed by atoms with Crippen molar-refractivity contribution in [1.29, 1.82) is 0 Å². The van der Waals surface area contributed by atoms with E-state index in [2.05, 4.69) is 0 Å². The van der Waals surface area contributed by atoms with Crippen LogP contribution in [-0.2, 0) is 19.1 Å². The maximum atomic E-state index is 12.6. The number of carbonyl (C=O) groups excluding carboxylic acids is 4. The Balaban J connectivity index is 1.55. The molecule has 166 valence electrons. The molecule has 0 N–H and O–H groups in total. The molecule has 0 saturated carbocycles. The van der Waals surface area contributed by atoms with Crippen molar-refractivity contribution >= 4 is 23.5 Å². The van der Waals surface area contributed by atoms with E-state index in [-0.39, 0.29) is 11.6 Å². The fourth-order valence-corrected chi connectivity index (χ4v) is 3.47. The molecule has 0 fully saturated rings. The minimum absolute atomic E-state index is 0.309. The molecule has 2 unspecified atom stereocenters. The van der Waals surface area contributed by atoms with Crippen LogP contribution in [0.1, 0.15) is 44.7 Å². The van der Waals surface area contributed by atoms with Gasteiger partial charge in [-0.15, -0.1) is 0 Å². The van der Waals surface area contributed by atoms with Gasteiger partial charge in [0.1, 0.15) is 0 Å². The van der Waals surface area contributed by atoms with Gasteiger partial charge in [-0.2, -0.15) is 0 Å². The highest BCUT2D eigenvalue weighted by Gasteiger charge is 2.36. The fourth-order valence-electron chi connectivity index (χ4n) is 3.47. The summed E-state index contributed by atoms with van der Waals surface area (Å²) in [6, 6.07) is 14.0. The van der Waals surface area contributed by atoms with Gasteiger partial charge in [0.15, 0.2) is 24.8 Å². The lowest BCUT2D eigenvalue weighted by Crippen LogP contribution is -2.35. The molecule has 3 rings (SSSR count). The summed E-state index contributed by atoms with van der Waals surface area (Å²) in [7, 11) is 0. The third kappa shape index (κ3) is 6.00. The molecule has 2 aromatic carbocycles. The molecule has 6 heteroatoms. The van der Waals surface area contributed by atoms with E-state index in [1.807, 2.05) is 38.1 Å². The van der Waals surface area contributed by atoms with E-state index in [4.69, 9.17) is 9.47 Å². The summed E-state index contributed by atoms with van der Waals surface area (Å²) in [5.41, 5.74) is 2.96. The maximum Gasteiger partial charge on any atom is 0.310 e. The molecule has 2 aromatic rings. The van der Waals surface area contributed by atoms with Crippen LogP contribution in [0.15, 0.2) is 60.7 Å². The third-order valence-electron chi connectivity index (χ3n) is 5.48. The van der Waals surface area contributed by atoms with E-state index in [0.29, 0.717) is 24.0 Å². The van der Waals surface area contributed by atoms with Crippen LogP contribution in [0.5, 0.6) is 0 Å². The van der Waals surface area contributed by atoms with Crippen LogP contribution in [-0.4, -0.2) is 36.7 Å². The van der Waals surface area contributed by atoms with Crippen molar-refractivity contribution in [1.82, 2.24) is 0 Å². The van der Waals surface area contributed by atoms with Gasteiger partial charge in [-0.05, 0) is 26.7 Å². The molecule has 1 aliphatic rings. The third-order valence-corrected chi connectivity index (χ3v) is 5.48. The first kappa shape index (κ1) is 23.1. The van der Waals surface area contributed by atoms with Crippen molar-refractivity contribution in [3.63, 3.8) is 0 Å². The van der Waals surface area contributed by atoms with Gasteiger partial charge in [0.2, 0.25) is 0 Å². The summed E-state index contributed by atoms with van der Waals surface area (Å²) in [4.78, 5) is 49.8. The highest BCUT2D eigenvalue weighted by atomic mass is 16.5. The monoisotopic (exact) mass is 434 g/mol. The Bertz CT molecular complexity index is 934. The van der Waals surface area contributed by atoms with Gasteiger partial charge in [-0.1, -0.05) is 71.8 Å². The Kier molecular flexibility index (Phi) is 7.71. The molecular formula is C26H26O6. The summed E-state index contributed by atoms with van der Waals surface area (Å²) in [6.45, 7) is 3.04. The minimum Gasteiger partial charge on any atom is -0.457 e. The minimum atomic E-state index is -0.757. The molecule has 0 bridgehead atoms. The quantitative estimate of drug-likeness (QED) is 0.354. The van der Waals surface area contributed by atoms with E-state index in [0.717, 1.165) is 11.1 Å². The van der Waals surface area contributed by atoms with E-state index >= 15 is 0 Å². The zero-order valence-corrected chi connectivity index (χ0v) is 18.2. The normalized spacial score (nSPS) is 17.4. The van der Waals surface area contributed by atoms with Gasteiger partial charge >= 0.3 is 11.9 Å². The Morgan fingerprint density at radius 2 is 1.00 bits per heavy atom. The number of hydrogen-bond acceptors (Lipinski definition) is 6. The largest absolute Gasteiger partial charge is 0.457 e. The van der Waals surface area contributed by atoms with Crippen molar-refractivity contribution in [3.8, 4) is 0 Å². The second-order valence-electron chi connectivity index (χ2n) is 7.95. The highest BCUT2D eigenvalue weighted by Crippen LogP contribution is 2.28. The van der Waals surface area contributed by atoms with Gasteiger partial charge in [0.05, 0.1) is 11.8 Å². The predicted octanol–water partition coefficient (Wildman–Crippen LogP) is 4.04. The molecule has 6 nitrogen and oxygen atoms in total. The Morgan fingerprint density at radius 3 is 1.34 bits per heavy atom. The maximum absolute atomic E-state index is 12.6. The fraction of sp³-hybridized carbons (Fsp3) is 0.308. The van der Waals surface area contributed by atoms with E-state index in [1.54, 1.807) is 36.4 Å². The molecule has 2 atom stereocenters. The Morgan fingerprint density at radius 1 is 0.656 bits per heavy atom. The first-order valence-corrected chi connectivity index (χ1v) is 10.5. The summed E-state index contributed by atoms with van der Waals surface area (Å²) in [5, 5.41) is 0. The van der Waals surface area contributed by atoms with Gasteiger partial charge in [0, 0.05) is 11.1 Å². The molecule has 0 saturated heterocycles. The standard InChI is InChI=1S/C26H26O6/c1-17-7-11-19(12-8-17)23(27)15-31-25(29)21-5-3-4-6-22(21)26(30)32-16-24(28)20-13-9-18(2)10-14-20/h3-4,7-14,21-22H,5-6,15-16H2,1-2H3. The number of aryl methyl sites for hydroxylation is 2. The Labute approximate surface area is 187 Å². The number of benzene rings is 2. The number of rotatable bonds is 8. The molecule has 0 heterocycles. The molecule has 32 heavy (non-hydrogen) atoms. The van der Waals surface area contributed by atoms with E-state index in [9.17, 15) is 19.2 Å². The smallest absolute Gasteiger partial charge is 0.310 e. The van der Waals surface area contributed by atoms with Crippen molar-refractivity contribution in [2.24, 2.45) is 11.8 Å². The van der Waals surface area contributed by atoms with Gasteiger partial charge in [-0.25, -0.2) is 0 Å². The van der Waals surface area contributed by atoms with Crippen molar-refractivity contribution in [2.75, 3.05) is 13.2 Å². The van der Waals surface area contributed by atoms with Gasteiger partial charge in [0.25, 0.3) is 0 Å². The van der Waals surface area contributed by atoms with Crippen LogP contribution in [0.25, 0.3) is 0 Å². The van der Waals surface area contributed by atoms with Crippen molar-refractivity contribution in [2.45, 2.75) is 26.7 Å². The topological polar surface area (TPSA) is 86.7 Å². The van der Waals surface area contributed by atoms with Gasteiger partial charge in [-0.3, -0.25) is 19.2 Å². The summed E-state index contributed by atoms with van der Waals surface area (Å²) < 4.78 is 10.4. The second kappa shape index (κ2) is 10.7. The molecule has 0 amide bonds. The van der Waals surface area contributed by atoms with Crippen LogP contribution in [0.3, 0.4) is 0 Å². The second-order valence-corrected chi connectivity index (χ2v) is 7.95. The number of hydrogen-bond donors (Lipinski definition) is 0. The summed E-state index contributed by atoms with van der Waals surface area (Å²) in [6.07, 6.45) is 4.22. The lowest BCUT2D eigenvalue weighted by molar-refractivity contribution is -0.159. The lowest BCUT2D eigenvalue weighted by atomic mass is 9.83. The van der Waals surface area contributed by atoms with Crippen LogP contribution in [0, 0.1) is 25.7 Å². The molecule has 0 radical (unpaired) electrons. The number of ether oxygens (including phenoxy) is 2. The van der Waals surface area contributed by atoms with Crippen molar-refractivity contribution < 1.29 is 28.7 Å². The van der Waals surface area contributed by atoms with E-state index in [1.165, 1.54) is 0 Å². The zero-order chi connectivity index (χ0) is 23.1. The van der Waals surface area contributed by atoms with Crippen LogP contribution in [0.2, 0.25) is 0 Å². The molecule has 0 aliphatic heterocycles. The van der Waals surface area contributed by atoms with E-state index < -0.39 is 37.0 Å². The first-order chi connectivity index (χ1) is 15.3. The number of Topliss-reactive ketones (excluding diaryl/α,β-unsaturated/α-hetero) is 2. The molecule has 1 aliphatic carbocycles. The average Bonchev–Trinajstić information content (AvgIpc) is 2.81. The zero-order valence-electron chi connectivity index (χ0n) is 18.2. The molecule has 0 aromatic heterocycles. The summed E-state index contributed by atoms with van der Waals surface area (Å²) in [5.74, 6) is -3.39. The number of esters is 2. The number of ketones is 2. The predicted molar refractivity (Wildman–Crippen MR) is 118 cm³/mol. The molecular weight excluding hydrogens is 408 g/mol. The SMILES string of the molecule is Cc1ccc(C(=O)COC(=O)C2CC=CCC2C(=O)OCC(=O)c2ccc(C)cc2)cc1. The van der Waals surface area contributed by atoms with Crippen LogP contribution >= 0.6 is 0 Å². The first-order valence-electron chi connectivity index (χ1n) is 10.5. The molecule has 0 spiro atoms. The highest BCUT2D eigenvalue weighted by molar-refractivity contribution is 5.99. The van der Waals surface area contributed by atoms with Crippen LogP contribution in [0.4, 0.5) is 0 Å². The number of allylic oxidation sites excluding steroid dienone is 2. The van der Waals surface area contributed by atoms with Gasteiger partial charge < -0.3 is 9.47 Å². The summed E-state index contributed by atoms with van der Waals surface area (Å²) >= 11 is 0. The van der Waals surface area contributed by atoms with Crippen LogP contribution < -0.4 is 0 Å². The van der Waals surface area contributed by atoms with Crippen molar-refractivity contribution in [3.05, 3.63) is 82.9 Å². The number of carbonyl (C=O) groups is 4. The lowest BCUT2D eigenvalue weighted by Gasteiger charge is -2.25. The average molecular weight is 434 g/mol. The Hall–Kier alpha value is -3.54.